The number of aromatic carboxylic acids is 1. The van der Waals surface area contributed by atoms with Crippen LogP contribution in [0.1, 0.15) is 39.3 Å². The van der Waals surface area contributed by atoms with E-state index in [1.165, 1.54) is 11.1 Å². The number of carboxylic acid groups (broad SMARTS) is 1. The van der Waals surface area contributed by atoms with Crippen LogP contribution >= 0.6 is 11.6 Å². The summed E-state index contributed by atoms with van der Waals surface area (Å²) in [5.41, 5.74) is 5.56. The normalized spacial score (nSPS) is 17.4. The summed E-state index contributed by atoms with van der Waals surface area (Å²) in [5.74, 6) is 0.845. The zero-order valence-electron chi connectivity index (χ0n) is 20.4. The number of nitrogens with zero attached hydrogens (tertiary/aromatic N) is 3. The van der Waals surface area contributed by atoms with Crippen molar-refractivity contribution in [2.24, 2.45) is 0 Å². The zero-order chi connectivity index (χ0) is 25.4. The van der Waals surface area contributed by atoms with Gasteiger partial charge in [-0.3, -0.25) is 4.90 Å². The number of fused-ring (bicyclic) bond motifs is 2. The summed E-state index contributed by atoms with van der Waals surface area (Å²) < 4.78 is 13.9. The van der Waals surface area contributed by atoms with Crippen molar-refractivity contribution in [2.45, 2.75) is 45.2 Å². The number of halogens is 1. The topological polar surface area (TPSA) is 76.8 Å². The summed E-state index contributed by atoms with van der Waals surface area (Å²) in [5, 5.41) is 10.2. The fraction of sp³-hybridized carbons (Fsp3) is 0.310. The number of hydrogen-bond acceptors (Lipinski definition) is 5. The Morgan fingerprint density at radius 1 is 1.14 bits per heavy atom. The molecule has 2 aliphatic heterocycles. The molecule has 0 saturated carbocycles. The third-order valence-electron chi connectivity index (χ3n) is 7.18. The third kappa shape index (κ3) is 5.21. The van der Waals surface area contributed by atoms with Gasteiger partial charge < -0.3 is 19.1 Å². The second kappa shape index (κ2) is 10.2. The van der Waals surface area contributed by atoms with Crippen LogP contribution in [-0.2, 0) is 37.4 Å². The van der Waals surface area contributed by atoms with Gasteiger partial charge in [-0.05, 0) is 72.0 Å². The van der Waals surface area contributed by atoms with Gasteiger partial charge in [-0.2, -0.15) is 0 Å². The fourth-order valence-electron chi connectivity index (χ4n) is 5.07. The second-order valence-electron chi connectivity index (χ2n) is 9.74. The maximum atomic E-state index is 11.6. The molecule has 6 rings (SSSR count). The van der Waals surface area contributed by atoms with E-state index in [0.29, 0.717) is 24.7 Å². The van der Waals surface area contributed by atoms with Crippen molar-refractivity contribution < 1.29 is 19.4 Å². The van der Waals surface area contributed by atoms with E-state index >= 15 is 0 Å². The lowest BCUT2D eigenvalue weighted by Gasteiger charge is -2.30. The average Bonchev–Trinajstić information content (AvgIpc) is 3.20. The Morgan fingerprint density at radius 3 is 2.81 bits per heavy atom. The number of hydrogen-bond donors (Lipinski definition) is 1. The lowest BCUT2D eigenvalue weighted by molar-refractivity contribution is -0.0592. The molecule has 190 valence electrons. The van der Waals surface area contributed by atoms with Gasteiger partial charge in [-0.1, -0.05) is 29.8 Å². The summed E-state index contributed by atoms with van der Waals surface area (Å²) in [4.78, 5) is 18.9. The highest BCUT2D eigenvalue weighted by Crippen LogP contribution is 2.28. The number of aromatic nitrogens is 2. The van der Waals surface area contributed by atoms with Gasteiger partial charge in [0.05, 0.1) is 35.8 Å². The fourth-order valence-corrected chi connectivity index (χ4v) is 5.29. The molecule has 3 heterocycles. The number of benzene rings is 3. The maximum absolute atomic E-state index is 11.6. The van der Waals surface area contributed by atoms with Crippen LogP contribution < -0.4 is 4.74 Å². The Kier molecular flexibility index (Phi) is 6.59. The van der Waals surface area contributed by atoms with Crippen LogP contribution in [0.15, 0.2) is 60.7 Å². The molecule has 3 aromatic carbocycles. The molecular formula is C29H28ClN3O4. The van der Waals surface area contributed by atoms with Crippen molar-refractivity contribution in [3.05, 3.63) is 93.8 Å². The first-order chi connectivity index (χ1) is 18.0. The summed E-state index contributed by atoms with van der Waals surface area (Å²) in [7, 11) is 0. The molecule has 7 nitrogen and oxygen atoms in total. The highest BCUT2D eigenvalue weighted by Gasteiger charge is 2.24. The van der Waals surface area contributed by atoms with E-state index in [-0.39, 0.29) is 11.7 Å². The second-order valence-corrected chi connectivity index (χ2v) is 10.2. The molecule has 1 atom stereocenters. The smallest absolute Gasteiger partial charge is 0.335 e. The van der Waals surface area contributed by atoms with Crippen molar-refractivity contribution in [2.75, 3.05) is 13.2 Å². The van der Waals surface area contributed by atoms with Crippen LogP contribution in [0.3, 0.4) is 0 Å². The van der Waals surface area contributed by atoms with Crippen LogP contribution in [0.25, 0.3) is 11.0 Å². The number of rotatable bonds is 8. The number of ether oxygens (including phenoxy) is 2. The van der Waals surface area contributed by atoms with Gasteiger partial charge in [-0.15, -0.1) is 0 Å². The molecule has 1 saturated heterocycles. The number of imidazole rings is 1. The van der Waals surface area contributed by atoms with Gasteiger partial charge >= 0.3 is 5.97 Å². The first kappa shape index (κ1) is 24.0. The summed E-state index contributed by atoms with van der Waals surface area (Å²) in [6.45, 7) is 4.33. The average molecular weight is 518 g/mol. The number of carboxylic acids is 1. The van der Waals surface area contributed by atoms with Crippen LogP contribution in [0, 0.1) is 0 Å². The van der Waals surface area contributed by atoms with E-state index in [1.807, 2.05) is 30.3 Å². The Hall–Kier alpha value is -3.39. The summed E-state index contributed by atoms with van der Waals surface area (Å²) in [6, 6.07) is 19.2. The van der Waals surface area contributed by atoms with Crippen LogP contribution in [0.5, 0.6) is 5.75 Å². The Morgan fingerprint density at radius 2 is 2.03 bits per heavy atom. The van der Waals surface area contributed by atoms with E-state index in [0.717, 1.165) is 60.7 Å². The molecule has 0 unspecified atom stereocenters. The lowest BCUT2D eigenvalue weighted by atomic mass is 9.99. The molecule has 1 N–H and O–H groups in total. The molecule has 37 heavy (non-hydrogen) atoms. The van der Waals surface area contributed by atoms with Gasteiger partial charge in [0.25, 0.3) is 0 Å². The summed E-state index contributed by atoms with van der Waals surface area (Å²) >= 11 is 6.10. The monoisotopic (exact) mass is 517 g/mol. The zero-order valence-corrected chi connectivity index (χ0v) is 21.2. The van der Waals surface area contributed by atoms with Crippen molar-refractivity contribution in [3.8, 4) is 5.75 Å². The SMILES string of the molecule is O=C(O)c1ccc2nc(CN3CCc4ccc(OCc5cccc(Cl)c5)cc4C3)n(C[C@@H]3CCO3)c2c1. The minimum Gasteiger partial charge on any atom is -0.489 e. The molecule has 0 radical (unpaired) electrons. The van der Waals surface area contributed by atoms with Crippen molar-refractivity contribution in [3.63, 3.8) is 0 Å². The van der Waals surface area contributed by atoms with E-state index < -0.39 is 5.97 Å². The van der Waals surface area contributed by atoms with Gasteiger partial charge in [0.1, 0.15) is 18.2 Å². The first-order valence-corrected chi connectivity index (χ1v) is 12.9. The Balaban J connectivity index is 1.21. The van der Waals surface area contributed by atoms with Gasteiger partial charge in [0, 0.05) is 24.7 Å². The van der Waals surface area contributed by atoms with E-state index in [1.54, 1.807) is 18.2 Å². The molecule has 0 spiro atoms. The Labute approximate surface area is 220 Å². The van der Waals surface area contributed by atoms with Gasteiger partial charge in [-0.25, -0.2) is 9.78 Å². The van der Waals surface area contributed by atoms with Crippen LogP contribution in [-0.4, -0.2) is 44.8 Å². The Bertz CT molecular complexity index is 1460. The van der Waals surface area contributed by atoms with E-state index in [9.17, 15) is 9.90 Å². The van der Waals surface area contributed by atoms with Gasteiger partial charge in [0.2, 0.25) is 0 Å². The molecule has 2 aliphatic rings. The molecular weight excluding hydrogens is 490 g/mol. The predicted octanol–water partition coefficient (Wildman–Crippen LogP) is 5.31. The molecule has 0 aliphatic carbocycles. The van der Waals surface area contributed by atoms with Crippen molar-refractivity contribution in [1.82, 2.24) is 14.5 Å². The molecule has 8 heteroatoms. The minimum absolute atomic E-state index is 0.144. The van der Waals surface area contributed by atoms with Crippen molar-refractivity contribution in [1.29, 1.82) is 0 Å². The van der Waals surface area contributed by atoms with Crippen molar-refractivity contribution >= 4 is 28.6 Å². The lowest BCUT2D eigenvalue weighted by Crippen LogP contribution is -2.34. The van der Waals surface area contributed by atoms with Crippen LogP contribution in [0.2, 0.25) is 5.02 Å². The molecule has 1 aromatic heterocycles. The maximum Gasteiger partial charge on any atom is 0.335 e. The quantitative estimate of drug-likeness (QED) is 0.341. The standard InChI is InChI=1S/C29H28ClN3O4/c30-23-3-1-2-19(12-23)18-37-24-6-4-20-8-10-32(15-22(20)13-24)17-28-31-26-7-5-21(29(34)35)14-27(26)33(28)16-25-9-11-36-25/h1-7,12-14,25H,8-11,15-18H2,(H,34,35)/t25-/m0/s1. The van der Waals surface area contributed by atoms with Gasteiger partial charge in [0.15, 0.2) is 0 Å². The molecule has 4 aromatic rings. The first-order valence-electron chi connectivity index (χ1n) is 12.6. The van der Waals surface area contributed by atoms with E-state index in [4.69, 9.17) is 26.1 Å². The highest BCUT2D eigenvalue weighted by molar-refractivity contribution is 6.30. The minimum atomic E-state index is -0.933. The largest absolute Gasteiger partial charge is 0.489 e. The molecule has 1 fully saturated rings. The number of carbonyl (C=O) groups is 1. The summed E-state index contributed by atoms with van der Waals surface area (Å²) in [6.07, 6.45) is 2.11. The molecule has 0 amide bonds. The van der Waals surface area contributed by atoms with E-state index in [2.05, 4.69) is 21.6 Å². The molecule has 0 bridgehead atoms. The van der Waals surface area contributed by atoms with Crippen LogP contribution in [0.4, 0.5) is 0 Å². The highest BCUT2D eigenvalue weighted by atomic mass is 35.5. The third-order valence-corrected chi connectivity index (χ3v) is 7.42. The predicted molar refractivity (Wildman–Crippen MR) is 141 cm³/mol.